The van der Waals surface area contributed by atoms with Gasteiger partial charge < -0.3 is 10.6 Å². The summed E-state index contributed by atoms with van der Waals surface area (Å²) in [5.41, 5.74) is 0. The van der Waals surface area contributed by atoms with Crippen molar-refractivity contribution in [2.24, 2.45) is 5.92 Å². The summed E-state index contributed by atoms with van der Waals surface area (Å²) < 4.78 is 0. The van der Waals surface area contributed by atoms with E-state index in [1.807, 2.05) is 0 Å². The molecule has 0 unspecified atom stereocenters. The van der Waals surface area contributed by atoms with Gasteiger partial charge in [0.15, 0.2) is 0 Å². The lowest BCUT2D eigenvalue weighted by Gasteiger charge is -2.14. The zero-order chi connectivity index (χ0) is 9.10. The van der Waals surface area contributed by atoms with Gasteiger partial charge >= 0.3 is 0 Å². The Morgan fingerprint density at radius 3 is 2.77 bits per heavy atom. The van der Waals surface area contributed by atoms with Gasteiger partial charge in [0.05, 0.1) is 0 Å². The second-order valence-corrected chi connectivity index (χ2v) is 3.84. The number of hydrogen-bond donors (Lipinski definition) is 2. The smallest absolute Gasteiger partial charge is 0.223 e. The molecule has 1 atom stereocenters. The lowest BCUT2D eigenvalue weighted by atomic mass is 10.1. The van der Waals surface area contributed by atoms with Crippen LogP contribution in [0.3, 0.4) is 0 Å². The third kappa shape index (κ3) is 2.10. The molecule has 3 heteroatoms. The molecule has 0 aromatic heterocycles. The summed E-state index contributed by atoms with van der Waals surface area (Å²) in [6.45, 7) is 1.97. The van der Waals surface area contributed by atoms with Crippen molar-refractivity contribution in [1.82, 2.24) is 10.6 Å². The minimum atomic E-state index is 0.209. The van der Waals surface area contributed by atoms with Crippen LogP contribution < -0.4 is 10.6 Å². The van der Waals surface area contributed by atoms with E-state index in [9.17, 15) is 4.79 Å². The lowest BCUT2D eigenvalue weighted by Crippen LogP contribution is -2.39. The van der Waals surface area contributed by atoms with Gasteiger partial charge in [-0.05, 0) is 25.8 Å². The van der Waals surface area contributed by atoms with E-state index in [1.54, 1.807) is 0 Å². The van der Waals surface area contributed by atoms with Crippen molar-refractivity contribution in [3.63, 3.8) is 0 Å². The van der Waals surface area contributed by atoms with Crippen molar-refractivity contribution in [1.29, 1.82) is 0 Å². The minimum Gasteiger partial charge on any atom is -0.352 e. The molecule has 0 aromatic carbocycles. The summed E-state index contributed by atoms with van der Waals surface area (Å²) in [6.07, 6.45) is 7.11. The number of carbonyl (C=O) groups excluding carboxylic acids is 1. The highest BCUT2D eigenvalue weighted by atomic mass is 16.1. The normalized spacial score (nSPS) is 28.2. The van der Waals surface area contributed by atoms with E-state index >= 15 is 0 Å². The van der Waals surface area contributed by atoms with E-state index in [-0.39, 0.29) is 11.8 Å². The van der Waals surface area contributed by atoms with Crippen molar-refractivity contribution < 1.29 is 4.79 Å². The SMILES string of the molecule is O=C(N[C@@H]1CCNC1)C1CC=CC1. The summed E-state index contributed by atoms with van der Waals surface area (Å²) >= 11 is 0. The maximum atomic E-state index is 11.6. The molecular formula is C10H16N2O. The molecule has 1 fully saturated rings. The van der Waals surface area contributed by atoms with Gasteiger partial charge in [-0.25, -0.2) is 0 Å². The molecule has 2 N–H and O–H groups in total. The number of amides is 1. The van der Waals surface area contributed by atoms with Crippen LogP contribution in [0, 0.1) is 5.92 Å². The Morgan fingerprint density at radius 1 is 1.38 bits per heavy atom. The van der Waals surface area contributed by atoms with Crippen molar-refractivity contribution in [3.8, 4) is 0 Å². The molecule has 1 heterocycles. The first-order valence-electron chi connectivity index (χ1n) is 5.02. The van der Waals surface area contributed by atoms with Gasteiger partial charge in [0.2, 0.25) is 5.91 Å². The average Bonchev–Trinajstić information content (AvgIpc) is 2.74. The Labute approximate surface area is 78.6 Å². The quantitative estimate of drug-likeness (QED) is 0.605. The third-order valence-corrected chi connectivity index (χ3v) is 2.79. The van der Waals surface area contributed by atoms with Gasteiger partial charge in [-0.1, -0.05) is 12.2 Å². The van der Waals surface area contributed by atoms with Crippen LogP contribution in [0.25, 0.3) is 0 Å². The molecule has 1 aliphatic heterocycles. The van der Waals surface area contributed by atoms with Gasteiger partial charge in [0, 0.05) is 18.5 Å². The second kappa shape index (κ2) is 3.92. The van der Waals surface area contributed by atoms with Crippen molar-refractivity contribution in [2.75, 3.05) is 13.1 Å². The molecule has 0 spiro atoms. The van der Waals surface area contributed by atoms with Gasteiger partial charge in [-0.2, -0.15) is 0 Å². The van der Waals surface area contributed by atoms with Gasteiger partial charge in [-0.3, -0.25) is 4.79 Å². The first kappa shape index (κ1) is 8.75. The van der Waals surface area contributed by atoms with E-state index < -0.39 is 0 Å². The Morgan fingerprint density at radius 2 is 2.15 bits per heavy atom. The fraction of sp³-hybridized carbons (Fsp3) is 0.700. The topological polar surface area (TPSA) is 41.1 Å². The molecule has 0 radical (unpaired) electrons. The Hall–Kier alpha value is -0.830. The van der Waals surface area contributed by atoms with E-state index in [1.165, 1.54) is 0 Å². The molecule has 13 heavy (non-hydrogen) atoms. The van der Waals surface area contributed by atoms with E-state index in [0.717, 1.165) is 32.4 Å². The van der Waals surface area contributed by atoms with Crippen molar-refractivity contribution in [3.05, 3.63) is 12.2 Å². The highest BCUT2D eigenvalue weighted by molar-refractivity contribution is 5.79. The third-order valence-electron chi connectivity index (χ3n) is 2.79. The van der Waals surface area contributed by atoms with Crippen molar-refractivity contribution >= 4 is 5.91 Å². The van der Waals surface area contributed by atoms with E-state index in [4.69, 9.17) is 0 Å². The highest BCUT2D eigenvalue weighted by Crippen LogP contribution is 2.17. The summed E-state index contributed by atoms with van der Waals surface area (Å²) in [4.78, 5) is 11.6. The molecule has 1 amide bonds. The standard InChI is InChI=1S/C10H16N2O/c13-10(8-3-1-2-4-8)12-9-5-6-11-7-9/h1-2,8-9,11H,3-7H2,(H,12,13)/t9-/m1/s1. The minimum absolute atomic E-state index is 0.209. The van der Waals surface area contributed by atoms with Gasteiger partial charge in [0.1, 0.15) is 0 Å². The molecule has 1 saturated heterocycles. The first-order chi connectivity index (χ1) is 6.36. The summed E-state index contributed by atoms with van der Waals surface area (Å²) in [5.74, 6) is 0.444. The van der Waals surface area contributed by atoms with Crippen LogP contribution in [0.1, 0.15) is 19.3 Å². The number of hydrogen-bond acceptors (Lipinski definition) is 2. The predicted molar refractivity (Wildman–Crippen MR) is 51.3 cm³/mol. The van der Waals surface area contributed by atoms with Crippen molar-refractivity contribution in [2.45, 2.75) is 25.3 Å². The Kier molecular flexibility index (Phi) is 2.64. The van der Waals surface area contributed by atoms with Crippen LogP contribution in [0.4, 0.5) is 0 Å². The van der Waals surface area contributed by atoms with Crippen LogP contribution in [0.5, 0.6) is 0 Å². The molecule has 2 rings (SSSR count). The van der Waals surface area contributed by atoms with Crippen LogP contribution in [0.2, 0.25) is 0 Å². The summed E-state index contributed by atoms with van der Waals surface area (Å²) in [5, 5.41) is 6.32. The van der Waals surface area contributed by atoms with E-state index in [2.05, 4.69) is 22.8 Å². The zero-order valence-electron chi connectivity index (χ0n) is 7.75. The molecule has 0 saturated carbocycles. The Bertz CT molecular complexity index is 211. The molecule has 3 nitrogen and oxygen atoms in total. The van der Waals surface area contributed by atoms with Crippen LogP contribution in [0.15, 0.2) is 12.2 Å². The maximum Gasteiger partial charge on any atom is 0.223 e. The monoisotopic (exact) mass is 180 g/mol. The number of allylic oxidation sites excluding steroid dienone is 2. The number of rotatable bonds is 2. The fourth-order valence-corrected chi connectivity index (χ4v) is 1.93. The number of carbonyl (C=O) groups is 1. The highest BCUT2D eigenvalue weighted by Gasteiger charge is 2.23. The number of nitrogens with one attached hydrogen (secondary N) is 2. The Balaban J connectivity index is 1.77. The lowest BCUT2D eigenvalue weighted by molar-refractivity contribution is -0.125. The molecule has 1 aliphatic carbocycles. The first-order valence-corrected chi connectivity index (χ1v) is 5.02. The van der Waals surface area contributed by atoms with Crippen LogP contribution in [-0.2, 0) is 4.79 Å². The zero-order valence-corrected chi connectivity index (χ0v) is 7.75. The maximum absolute atomic E-state index is 11.6. The molecule has 2 aliphatic rings. The summed E-state index contributed by atoms with van der Waals surface area (Å²) in [6, 6.07) is 0.369. The van der Waals surface area contributed by atoms with Crippen LogP contribution in [-0.4, -0.2) is 25.0 Å². The molecule has 72 valence electrons. The predicted octanol–water partition coefficient (Wildman–Crippen LogP) is 0.431. The van der Waals surface area contributed by atoms with E-state index in [0.29, 0.717) is 6.04 Å². The largest absolute Gasteiger partial charge is 0.352 e. The average molecular weight is 180 g/mol. The van der Waals surface area contributed by atoms with Gasteiger partial charge in [0.25, 0.3) is 0 Å². The van der Waals surface area contributed by atoms with Gasteiger partial charge in [-0.15, -0.1) is 0 Å². The molecule has 0 bridgehead atoms. The van der Waals surface area contributed by atoms with Crippen LogP contribution >= 0.6 is 0 Å². The second-order valence-electron chi connectivity index (χ2n) is 3.84. The molecule has 0 aromatic rings. The fourth-order valence-electron chi connectivity index (χ4n) is 1.93. The summed E-state index contributed by atoms with van der Waals surface area (Å²) in [7, 11) is 0. The molecular weight excluding hydrogens is 164 g/mol.